The molecule has 3 saturated carbocycles. The topological polar surface area (TPSA) is 47.6 Å². The van der Waals surface area contributed by atoms with Crippen molar-refractivity contribution in [2.45, 2.75) is 19.3 Å². The van der Waals surface area contributed by atoms with Crippen LogP contribution in [0.2, 0.25) is 0 Å². The molecule has 0 saturated heterocycles. The fraction of sp³-hybridized carbons (Fsp3) is 0.636. The van der Waals surface area contributed by atoms with Crippen molar-refractivity contribution < 1.29 is 0 Å². The second-order valence-corrected chi connectivity index (χ2v) is 4.50. The monoisotopic (exact) mass is 170 g/mol. The fourth-order valence-corrected chi connectivity index (χ4v) is 3.58. The summed E-state index contributed by atoms with van der Waals surface area (Å²) >= 11 is 0. The molecule has 0 radical (unpaired) electrons. The molecular formula is C11H10N2. The molecule has 2 atom stereocenters. The molecule has 0 aromatic carbocycles. The van der Waals surface area contributed by atoms with E-state index in [0.717, 1.165) is 23.0 Å². The molecule has 2 unspecified atom stereocenters. The van der Waals surface area contributed by atoms with Crippen molar-refractivity contribution >= 4 is 0 Å². The number of rotatable bonds is 0. The van der Waals surface area contributed by atoms with Crippen LogP contribution >= 0.6 is 0 Å². The number of nitrogens with zero attached hydrogens (tertiary/aromatic N) is 2. The van der Waals surface area contributed by atoms with Gasteiger partial charge in [-0.2, -0.15) is 10.5 Å². The Kier molecular flexibility index (Phi) is 1.18. The van der Waals surface area contributed by atoms with Crippen LogP contribution in [0.4, 0.5) is 0 Å². The van der Waals surface area contributed by atoms with Crippen LogP contribution in [0.5, 0.6) is 0 Å². The highest BCUT2D eigenvalue weighted by atomic mass is 14.6. The summed E-state index contributed by atoms with van der Waals surface area (Å²) in [7, 11) is 0. The van der Waals surface area contributed by atoms with Crippen LogP contribution < -0.4 is 0 Å². The van der Waals surface area contributed by atoms with Crippen molar-refractivity contribution in [1.82, 2.24) is 0 Å². The SMILES string of the molecule is N#CC1=C(C#N)C2C3CC1CC2C3. The number of hydrogen-bond donors (Lipinski definition) is 0. The average molecular weight is 170 g/mol. The normalized spacial score (nSPS) is 45.1. The van der Waals surface area contributed by atoms with E-state index >= 15 is 0 Å². The Hall–Kier alpha value is -1.28. The predicted molar refractivity (Wildman–Crippen MR) is 46.1 cm³/mol. The van der Waals surface area contributed by atoms with Gasteiger partial charge in [-0.3, -0.25) is 0 Å². The lowest BCUT2D eigenvalue weighted by atomic mass is 9.47. The molecule has 64 valence electrons. The highest BCUT2D eigenvalue weighted by Gasteiger charge is 2.54. The molecule has 0 N–H and O–H groups in total. The molecule has 3 fully saturated rings. The molecule has 0 heterocycles. The van der Waals surface area contributed by atoms with Crippen LogP contribution in [0.1, 0.15) is 19.3 Å². The number of hydrogen-bond acceptors (Lipinski definition) is 2. The second kappa shape index (κ2) is 2.15. The molecule has 13 heavy (non-hydrogen) atoms. The number of nitriles is 2. The Bertz CT molecular complexity index is 368. The van der Waals surface area contributed by atoms with Gasteiger partial charge in [-0.05, 0) is 37.0 Å². The summed E-state index contributed by atoms with van der Waals surface area (Å²) in [6.07, 6.45) is 3.66. The lowest BCUT2D eigenvalue weighted by Gasteiger charge is -2.56. The van der Waals surface area contributed by atoms with Crippen molar-refractivity contribution in [2.24, 2.45) is 23.7 Å². The van der Waals surface area contributed by atoms with Crippen LogP contribution in [0, 0.1) is 46.3 Å². The largest absolute Gasteiger partial charge is 0.193 e. The van der Waals surface area contributed by atoms with Gasteiger partial charge in [0.1, 0.15) is 0 Å². The van der Waals surface area contributed by atoms with Gasteiger partial charge in [0.05, 0.1) is 12.1 Å². The zero-order valence-electron chi connectivity index (χ0n) is 7.33. The van der Waals surface area contributed by atoms with Crippen molar-refractivity contribution in [1.29, 1.82) is 10.5 Å². The van der Waals surface area contributed by atoms with E-state index in [1.54, 1.807) is 0 Å². The molecule has 5 aliphatic rings. The maximum Gasteiger partial charge on any atom is 0.0960 e. The lowest BCUT2D eigenvalue weighted by Crippen LogP contribution is -2.49. The lowest BCUT2D eigenvalue weighted by molar-refractivity contribution is 0.00133. The molecule has 5 aliphatic carbocycles. The third-order valence-electron chi connectivity index (χ3n) is 4.07. The summed E-state index contributed by atoms with van der Waals surface area (Å²) in [6.45, 7) is 0. The smallest absolute Gasteiger partial charge is 0.0960 e. The Morgan fingerprint density at radius 2 is 1.54 bits per heavy atom. The van der Waals surface area contributed by atoms with Crippen molar-refractivity contribution in [3.05, 3.63) is 11.1 Å². The summed E-state index contributed by atoms with van der Waals surface area (Å²) in [5.41, 5.74) is 1.66. The first kappa shape index (κ1) is 7.15. The maximum absolute atomic E-state index is 8.99. The Balaban J connectivity index is 2.14. The maximum atomic E-state index is 8.99. The van der Waals surface area contributed by atoms with Gasteiger partial charge < -0.3 is 0 Å². The third kappa shape index (κ3) is 0.676. The second-order valence-electron chi connectivity index (χ2n) is 4.50. The quantitative estimate of drug-likeness (QED) is 0.558. The molecule has 4 bridgehead atoms. The van der Waals surface area contributed by atoms with E-state index in [9.17, 15) is 0 Å². The van der Waals surface area contributed by atoms with E-state index < -0.39 is 0 Å². The molecule has 0 amide bonds. The van der Waals surface area contributed by atoms with Crippen molar-refractivity contribution in [3.8, 4) is 12.1 Å². The van der Waals surface area contributed by atoms with Crippen molar-refractivity contribution in [3.63, 3.8) is 0 Å². The van der Waals surface area contributed by atoms with E-state index in [1.807, 2.05) is 0 Å². The van der Waals surface area contributed by atoms with E-state index in [-0.39, 0.29) is 0 Å². The van der Waals surface area contributed by atoms with Gasteiger partial charge in [0, 0.05) is 17.1 Å². The van der Waals surface area contributed by atoms with Crippen LogP contribution in [-0.2, 0) is 0 Å². The number of allylic oxidation sites excluding steroid dienone is 2. The van der Waals surface area contributed by atoms with E-state index in [2.05, 4.69) is 12.1 Å². The molecule has 2 nitrogen and oxygen atoms in total. The first-order chi connectivity index (χ1) is 6.35. The summed E-state index contributed by atoms with van der Waals surface area (Å²) in [6, 6.07) is 4.49. The summed E-state index contributed by atoms with van der Waals surface area (Å²) in [4.78, 5) is 0. The van der Waals surface area contributed by atoms with Crippen LogP contribution in [0.15, 0.2) is 11.1 Å². The Labute approximate surface area is 77.5 Å². The first-order valence-corrected chi connectivity index (χ1v) is 4.89. The minimum absolute atomic E-state index is 0.438. The van der Waals surface area contributed by atoms with Gasteiger partial charge in [0.25, 0.3) is 0 Å². The van der Waals surface area contributed by atoms with Gasteiger partial charge in [-0.15, -0.1) is 0 Å². The highest BCUT2D eigenvalue weighted by molar-refractivity contribution is 5.46. The van der Waals surface area contributed by atoms with Crippen LogP contribution in [0.3, 0.4) is 0 Å². The van der Waals surface area contributed by atoms with E-state index in [1.165, 1.54) is 19.3 Å². The van der Waals surface area contributed by atoms with E-state index in [4.69, 9.17) is 10.5 Å². The molecule has 0 spiro atoms. The van der Waals surface area contributed by atoms with Crippen molar-refractivity contribution in [2.75, 3.05) is 0 Å². The van der Waals surface area contributed by atoms with Gasteiger partial charge in [0.2, 0.25) is 0 Å². The minimum Gasteiger partial charge on any atom is -0.193 e. The zero-order valence-corrected chi connectivity index (χ0v) is 7.33. The van der Waals surface area contributed by atoms with Gasteiger partial charge in [-0.25, -0.2) is 0 Å². The van der Waals surface area contributed by atoms with Crippen LogP contribution in [-0.4, -0.2) is 0 Å². The molecule has 5 rings (SSSR count). The first-order valence-electron chi connectivity index (χ1n) is 4.89. The average Bonchev–Trinajstić information content (AvgIpc) is 2.17. The fourth-order valence-electron chi connectivity index (χ4n) is 3.58. The molecule has 0 aromatic rings. The molecule has 0 aromatic heterocycles. The standard InChI is InChI=1S/C11H10N2/c12-4-9-6-1-7-3-8(2-6)11(7)10(9)5-13/h6-8,11H,1-3H2. The summed E-state index contributed by atoms with van der Waals surface area (Å²) < 4.78 is 0. The Morgan fingerprint density at radius 1 is 0.923 bits per heavy atom. The minimum atomic E-state index is 0.438. The van der Waals surface area contributed by atoms with E-state index in [0.29, 0.717) is 11.8 Å². The highest BCUT2D eigenvalue weighted by Crippen LogP contribution is 2.61. The van der Waals surface area contributed by atoms with Gasteiger partial charge in [-0.1, -0.05) is 0 Å². The predicted octanol–water partition coefficient (Wildman–Crippen LogP) is 2.01. The third-order valence-corrected chi connectivity index (χ3v) is 4.07. The molecular weight excluding hydrogens is 160 g/mol. The summed E-state index contributed by atoms with van der Waals surface area (Å²) in [5, 5.41) is 18.0. The molecule has 2 heteroatoms. The molecule has 0 aliphatic heterocycles. The summed E-state index contributed by atoms with van der Waals surface area (Å²) in [5.74, 6) is 2.41. The Morgan fingerprint density at radius 3 is 2.08 bits per heavy atom. The zero-order chi connectivity index (χ0) is 9.00. The van der Waals surface area contributed by atoms with Gasteiger partial charge >= 0.3 is 0 Å². The van der Waals surface area contributed by atoms with Crippen LogP contribution in [0.25, 0.3) is 0 Å². The van der Waals surface area contributed by atoms with Gasteiger partial charge in [0.15, 0.2) is 0 Å².